The molecule has 2 saturated heterocycles. The fraction of sp³-hybridized carbons (Fsp3) is 0.381. The van der Waals surface area contributed by atoms with Gasteiger partial charge in [0, 0.05) is 24.9 Å². The minimum Gasteiger partial charge on any atom is -0.467 e. The molecule has 0 spiro atoms. The molecule has 2 fully saturated rings. The Hall–Kier alpha value is -2.89. The maximum atomic E-state index is 13.0. The number of hydrogen-bond donors (Lipinski definition) is 0. The molecule has 140 valence electrons. The van der Waals surface area contributed by atoms with Gasteiger partial charge in [0.1, 0.15) is 6.04 Å². The largest absolute Gasteiger partial charge is 0.467 e. The number of ether oxygens (including phenoxy) is 1. The zero-order valence-corrected chi connectivity index (χ0v) is 15.3. The molecule has 2 aromatic carbocycles. The fourth-order valence-corrected chi connectivity index (χ4v) is 4.20. The highest BCUT2D eigenvalue weighted by molar-refractivity contribution is 6.07. The van der Waals surface area contributed by atoms with Gasteiger partial charge >= 0.3 is 5.97 Å². The molecule has 27 heavy (non-hydrogen) atoms. The van der Waals surface area contributed by atoms with E-state index in [4.69, 9.17) is 4.74 Å². The predicted molar refractivity (Wildman–Crippen MR) is 101 cm³/mol. The lowest BCUT2D eigenvalue weighted by Gasteiger charge is -2.25. The second-order valence-electron chi connectivity index (χ2n) is 7.12. The molecule has 6 nitrogen and oxygen atoms in total. The van der Waals surface area contributed by atoms with Crippen molar-refractivity contribution in [2.45, 2.75) is 25.3 Å². The minimum atomic E-state index is -0.524. The van der Waals surface area contributed by atoms with E-state index in [1.54, 1.807) is 9.80 Å². The van der Waals surface area contributed by atoms with E-state index in [1.165, 1.54) is 7.11 Å². The van der Waals surface area contributed by atoms with Gasteiger partial charge < -0.3 is 14.5 Å². The van der Waals surface area contributed by atoms with Crippen molar-refractivity contribution in [3.63, 3.8) is 0 Å². The molecule has 0 radical (unpaired) electrons. The lowest BCUT2D eigenvalue weighted by molar-refractivity contribution is -0.152. The zero-order valence-electron chi connectivity index (χ0n) is 15.3. The van der Waals surface area contributed by atoms with Crippen molar-refractivity contribution >= 4 is 34.2 Å². The number of fused-ring (bicyclic) bond motifs is 1. The van der Waals surface area contributed by atoms with Crippen LogP contribution in [0.2, 0.25) is 0 Å². The Morgan fingerprint density at radius 1 is 1.11 bits per heavy atom. The van der Waals surface area contributed by atoms with Gasteiger partial charge in [0.05, 0.1) is 18.7 Å². The van der Waals surface area contributed by atoms with E-state index in [1.807, 2.05) is 42.5 Å². The third-order valence-corrected chi connectivity index (χ3v) is 5.54. The number of likely N-dealkylation sites (tertiary alicyclic amines) is 1. The topological polar surface area (TPSA) is 66.9 Å². The third kappa shape index (κ3) is 3.05. The Labute approximate surface area is 157 Å². The van der Waals surface area contributed by atoms with Crippen LogP contribution >= 0.6 is 0 Å². The van der Waals surface area contributed by atoms with E-state index in [-0.39, 0.29) is 24.2 Å². The molecule has 2 atom stereocenters. The summed E-state index contributed by atoms with van der Waals surface area (Å²) in [5.41, 5.74) is 0.833. The number of benzene rings is 2. The molecule has 4 rings (SSSR count). The summed E-state index contributed by atoms with van der Waals surface area (Å²) in [7, 11) is 1.34. The molecule has 2 aliphatic heterocycles. The number of rotatable bonds is 3. The number of amides is 2. The van der Waals surface area contributed by atoms with Crippen LogP contribution in [0, 0.1) is 5.92 Å². The molecule has 0 aromatic heterocycles. The van der Waals surface area contributed by atoms with E-state index in [9.17, 15) is 14.4 Å². The van der Waals surface area contributed by atoms with Crippen molar-refractivity contribution in [3.8, 4) is 0 Å². The van der Waals surface area contributed by atoms with Gasteiger partial charge in [0.25, 0.3) is 0 Å². The van der Waals surface area contributed by atoms with E-state index in [0.717, 1.165) is 22.9 Å². The molecule has 2 heterocycles. The molecule has 6 heteroatoms. The molecular weight excluding hydrogens is 344 g/mol. The van der Waals surface area contributed by atoms with Crippen LogP contribution in [-0.2, 0) is 19.1 Å². The van der Waals surface area contributed by atoms with E-state index in [2.05, 4.69) is 0 Å². The standard InChI is InChI=1S/C21H22N2O4/c1-27-21(26)18-10-5-11-22(18)20(25)15-12-19(24)23(13-15)17-9-4-7-14-6-2-3-8-16(14)17/h2-4,6-9,15,18H,5,10-13H2,1H3. The van der Waals surface area contributed by atoms with Crippen LogP contribution in [-0.4, -0.2) is 48.9 Å². The van der Waals surface area contributed by atoms with Crippen LogP contribution in [0.5, 0.6) is 0 Å². The van der Waals surface area contributed by atoms with Crippen LogP contribution in [0.3, 0.4) is 0 Å². The van der Waals surface area contributed by atoms with E-state index < -0.39 is 12.0 Å². The van der Waals surface area contributed by atoms with Crippen LogP contribution in [0.25, 0.3) is 10.8 Å². The van der Waals surface area contributed by atoms with Gasteiger partial charge in [-0.25, -0.2) is 4.79 Å². The number of carbonyl (C=O) groups is 3. The van der Waals surface area contributed by atoms with Gasteiger partial charge in [-0.05, 0) is 24.3 Å². The highest BCUT2D eigenvalue weighted by Crippen LogP contribution is 2.33. The average Bonchev–Trinajstić information content (AvgIpc) is 3.33. The molecular formula is C21H22N2O4. The normalized spacial score (nSPS) is 22.5. The first-order valence-corrected chi connectivity index (χ1v) is 9.26. The Bertz CT molecular complexity index is 905. The molecule has 2 unspecified atom stereocenters. The molecule has 2 amide bonds. The van der Waals surface area contributed by atoms with E-state index >= 15 is 0 Å². The summed E-state index contributed by atoms with van der Waals surface area (Å²) in [5.74, 6) is -0.990. The summed E-state index contributed by atoms with van der Waals surface area (Å²) >= 11 is 0. The van der Waals surface area contributed by atoms with Crippen LogP contribution in [0.15, 0.2) is 42.5 Å². The highest BCUT2D eigenvalue weighted by atomic mass is 16.5. The molecule has 2 aromatic rings. The van der Waals surface area contributed by atoms with Crippen molar-refractivity contribution in [2.24, 2.45) is 5.92 Å². The third-order valence-electron chi connectivity index (χ3n) is 5.54. The highest BCUT2D eigenvalue weighted by Gasteiger charge is 2.42. The Balaban J connectivity index is 1.57. The molecule has 0 N–H and O–H groups in total. The summed E-state index contributed by atoms with van der Waals surface area (Å²) in [6.45, 7) is 0.883. The molecule has 2 aliphatic rings. The van der Waals surface area contributed by atoms with Crippen molar-refractivity contribution < 1.29 is 19.1 Å². The van der Waals surface area contributed by atoms with Gasteiger partial charge in [-0.3, -0.25) is 9.59 Å². The van der Waals surface area contributed by atoms with Gasteiger partial charge in [-0.1, -0.05) is 36.4 Å². The summed E-state index contributed by atoms with van der Waals surface area (Å²) in [4.78, 5) is 40.9. The molecule has 0 saturated carbocycles. The van der Waals surface area contributed by atoms with Gasteiger partial charge in [-0.15, -0.1) is 0 Å². The molecule has 0 aliphatic carbocycles. The van der Waals surface area contributed by atoms with Crippen LogP contribution < -0.4 is 4.90 Å². The fourth-order valence-electron chi connectivity index (χ4n) is 4.20. The first kappa shape index (κ1) is 17.5. The minimum absolute atomic E-state index is 0.0569. The summed E-state index contributed by atoms with van der Waals surface area (Å²) in [5, 5.41) is 2.05. The Morgan fingerprint density at radius 2 is 1.89 bits per heavy atom. The smallest absolute Gasteiger partial charge is 0.328 e. The lowest BCUT2D eigenvalue weighted by Crippen LogP contribution is -2.44. The van der Waals surface area contributed by atoms with Crippen molar-refractivity contribution in [3.05, 3.63) is 42.5 Å². The average molecular weight is 366 g/mol. The number of hydrogen-bond acceptors (Lipinski definition) is 4. The van der Waals surface area contributed by atoms with Gasteiger partial charge in [0.2, 0.25) is 11.8 Å². The maximum absolute atomic E-state index is 13.0. The number of nitrogens with zero attached hydrogens (tertiary/aromatic N) is 2. The quantitative estimate of drug-likeness (QED) is 0.782. The van der Waals surface area contributed by atoms with Crippen molar-refractivity contribution in [2.75, 3.05) is 25.1 Å². The Morgan fingerprint density at radius 3 is 2.70 bits per heavy atom. The number of esters is 1. The van der Waals surface area contributed by atoms with Gasteiger partial charge in [-0.2, -0.15) is 0 Å². The summed E-state index contributed by atoms with van der Waals surface area (Å²) < 4.78 is 4.83. The van der Waals surface area contributed by atoms with Crippen molar-refractivity contribution in [1.82, 2.24) is 4.90 Å². The number of anilines is 1. The second-order valence-corrected chi connectivity index (χ2v) is 7.12. The maximum Gasteiger partial charge on any atom is 0.328 e. The van der Waals surface area contributed by atoms with E-state index in [0.29, 0.717) is 19.5 Å². The zero-order chi connectivity index (χ0) is 19.0. The summed E-state index contributed by atoms with van der Waals surface area (Å²) in [6.07, 6.45) is 1.57. The molecule has 0 bridgehead atoms. The first-order chi connectivity index (χ1) is 13.1. The summed E-state index contributed by atoms with van der Waals surface area (Å²) in [6, 6.07) is 13.2. The first-order valence-electron chi connectivity index (χ1n) is 9.26. The van der Waals surface area contributed by atoms with Crippen LogP contribution in [0.4, 0.5) is 5.69 Å². The van der Waals surface area contributed by atoms with Gasteiger partial charge in [0.15, 0.2) is 0 Å². The lowest BCUT2D eigenvalue weighted by atomic mass is 10.1. The number of carbonyl (C=O) groups excluding carboxylic acids is 3. The second kappa shape index (κ2) is 7.02. The monoisotopic (exact) mass is 366 g/mol. The predicted octanol–water partition coefficient (Wildman–Crippen LogP) is 2.36. The SMILES string of the molecule is COC(=O)C1CCCN1C(=O)C1CC(=O)N(c2cccc3ccccc23)C1. The Kier molecular flexibility index (Phi) is 4.56. The van der Waals surface area contributed by atoms with Crippen LogP contribution in [0.1, 0.15) is 19.3 Å². The number of methoxy groups -OCH3 is 1. The van der Waals surface area contributed by atoms with Crippen molar-refractivity contribution in [1.29, 1.82) is 0 Å².